The number of anilines is 1. The van der Waals surface area contributed by atoms with Gasteiger partial charge in [0.1, 0.15) is 30.5 Å². The van der Waals surface area contributed by atoms with Crippen LogP contribution in [0.4, 0.5) is 5.69 Å². The van der Waals surface area contributed by atoms with Crippen molar-refractivity contribution in [2.24, 2.45) is 5.92 Å². The third kappa shape index (κ3) is 7.36. The summed E-state index contributed by atoms with van der Waals surface area (Å²) in [5, 5.41) is 3.46. The van der Waals surface area contributed by atoms with E-state index in [1.807, 2.05) is 66.7 Å². The third-order valence-corrected chi connectivity index (χ3v) is 4.61. The molecule has 0 heterocycles. The van der Waals surface area contributed by atoms with Crippen molar-refractivity contribution >= 4 is 5.69 Å². The van der Waals surface area contributed by atoms with Crippen molar-refractivity contribution in [1.29, 1.82) is 0 Å². The largest absolute Gasteiger partial charge is 0.494 e. The Morgan fingerprint density at radius 1 is 0.667 bits per heavy atom. The molecule has 0 amide bonds. The van der Waals surface area contributed by atoms with Crippen LogP contribution in [-0.4, -0.2) is 19.8 Å². The van der Waals surface area contributed by atoms with Crippen molar-refractivity contribution in [3.05, 3.63) is 84.4 Å². The molecule has 0 bridgehead atoms. The molecule has 0 aliphatic rings. The molecule has 0 aliphatic carbocycles. The SMILES string of the molecule is CC(C)CCOc1ccc(CNc2ccccc2OCCOc2ccccc2)cc1. The Labute approximate surface area is 179 Å². The minimum absolute atomic E-state index is 0.482. The molecule has 0 aliphatic heterocycles. The van der Waals surface area contributed by atoms with Gasteiger partial charge in [0.05, 0.1) is 12.3 Å². The first-order valence-electron chi connectivity index (χ1n) is 10.6. The summed E-state index contributed by atoms with van der Waals surface area (Å²) in [6.07, 6.45) is 1.07. The summed E-state index contributed by atoms with van der Waals surface area (Å²) < 4.78 is 17.4. The Balaban J connectivity index is 1.45. The van der Waals surface area contributed by atoms with E-state index in [4.69, 9.17) is 14.2 Å². The smallest absolute Gasteiger partial charge is 0.142 e. The first-order valence-corrected chi connectivity index (χ1v) is 10.6. The van der Waals surface area contributed by atoms with Crippen molar-refractivity contribution in [2.75, 3.05) is 25.1 Å². The normalized spacial score (nSPS) is 10.6. The predicted molar refractivity (Wildman–Crippen MR) is 123 cm³/mol. The van der Waals surface area contributed by atoms with Gasteiger partial charge in [-0.1, -0.05) is 56.3 Å². The minimum Gasteiger partial charge on any atom is -0.494 e. The molecule has 1 N–H and O–H groups in total. The number of hydrogen-bond acceptors (Lipinski definition) is 4. The second-order valence-electron chi connectivity index (χ2n) is 7.53. The van der Waals surface area contributed by atoms with Gasteiger partial charge in [0.15, 0.2) is 0 Å². The summed E-state index contributed by atoms with van der Waals surface area (Å²) in [4.78, 5) is 0. The molecular weight excluding hydrogens is 374 g/mol. The lowest BCUT2D eigenvalue weighted by molar-refractivity contribution is 0.218. The van der Waals surface area contributed by atoms with E-state index in [9.17, 15) is 0 Å². The van der Waals surface area contributed by atoms with Crippen LogP contribution < -0.4 is 19.5 Å². The summed E-state index contributed by atoms with van der Waals surface area (Å²) in [6, 6.07) is 26.0. The Morgan fingerprint density at radius 2 is 1.30 bits per heavy atom. The molecule has 0 spiro atoms. The second-order valence-corrected chi connectivity index (χ2v) is 7.53. The van der Waals surface area contributed by atoms with E-state index < -0.39 is 0 Å². The maximum absolute atomic E-state index is 5.92. The molecule has 0 saturated heterocycles. The van der Waals surface area contributed by atoms with Crippen LogP contribution in [0.25, 0.3) is 0 Å². The summed E-state index contributed by atoms with van der Waals surface area (Å²) in [5.41, 5.74) is 2.16. The van der Waals surface area contributed by atoms with Crippen molar-refractivity contribution in [3.8, 4) is 17.2 Å². The van der Waals surface area contributed by atoms with Crippen molar-refractivity contribution < 1.29 is 14.2 Å². The zero-order valence-electron chi connectivity index (χ0n) is 17.8. The van der Waals surface area contributed by atoms with Gasteiger partial charge in [-0.15, -0.1) is 0 Å². The Morgan fingerprint density at radius 3 is 2.07 bits per heavy atom. The van der Waals surface area contributed by atoms with Gasteiger partial charge in [0.25, 0.3) is 0 Å². The standard InChI is InChI=1S/C26H31NO3/c1-21(2)16-17-28-24-14-12-22(13-15-24)20-27-25-10-6-7-11-26(25)30-19-18-29-23-8-4-3-5-9-23/h3-15,21,27H,16-20H2,1-2H3. The molecule has 0 unspecified atom stereocenters. The lowest BCUT2D eigenvalue weighted by atomic mass is 10.1. The zero-order chi connectivity index (χ0) is 21.0. The molecule has 0 saturated carbocycles. The molecule has 0 atom stereocenters. The van der Waals surface area contributed by atoms with Crippen LogP contribution in [0.5, 0.6) is 17.2 Å². The first kappa shape index (κ1) is 21.6. The minimum atomic E-state index is 0.482. The average Bonchev–Trinajstić information content (AvgIpc) is 2.77. The highest BCUT2D eigenvalue weighted by molar-refractivity contribution is 5.56. The molecule has 4 heteroatoms. The van der Waals surface area contributed by atoms with Crippen LogP contribution in [0.3, 0.4) is 0 Å². The number of benzene rings is 3. The lowest BCUT2D eigenvalue weighted by Gasteiger charge is -2.14. The van der Waals surface area contributed by atoms with Crippen molar-refractivity contribution in [2.45, 2.75) is 26.8 Å². The number of hydrogen-bond donors (Lipinski definition) is 1. The van der Waals surface area contributed by atoms with Crippen LogP contribution in [-0.2, 0) is 6.54 Å². The Kier molecular flexibility index (Phi) is 8.46. The molecule has 3 aromatic rings. The van der Waals surface area contributed by atoms with E-state index >= 15 is 0 Å². The summed E-state index contributed by atoms with van der Waals surface area (Å²) in [6.45, 7) is 6.86. The predicted octanol–water partition coefficient (Wildman–Crippen LogP) is 6.18. The van der Waals surface area contributed by atoms with Gasteiger partial charge in [-0.2, -0.15) is 0 Å². The number of ether oxygens (including phenoxy) is 3. The molecule has 0 radical (unpaired) electrons. The molecule has 30 heavy (non-hydrogen) atoms. The van der Waals surface area contributed by atoms with Gasteiger partial charge in [0.2, 0.25) is 0 Å². The fourth-order valence-corrected chi connectivity index (χ4v) is 2.88. The Bertz CT molecular complexity index is 863. The molecule has 3 rings (SSSR count). The van der Waals surface area contributed by atoms with Crippen LogP contribution in [0.2, 0.25) is 0 Å². The topological polar surface area (TPSA) is 39.7 Å². The van der Waals surface area contributed by atoms with Gasteiger partial charge < -0.3 is 19.5 Å². The summed E-state index contributed by atoms with van der Waals surface area (Å²) >= 11 is 0. The third-order valence-electron chi connectivity index (χ3n) is 4.61. The quantitative estimate of drug-likeness (QED) is 0.365. The summed E-state index contributed by atoms with van der Waals surface area (Å²) in [7, 11) is 0. The molecule has 0 fully saturated rings. The highest BCUT2D eigenvalue weighted by Crippen LogP contribution is 2.24. The van der Waals surface area contributed by atoms with E-state index in [0.29, 0.717) is 25.7 Å². The van der Waals surface area contributed by atoms with Gasteiger partial charge >= 0.3 is 0 Å². The molecule has 4 nitrogen and oxygen atoms in total. The van der Waals surface area contributed by atoms with Gasteiger partial charge in [-0.25, -0.2) is 0 Å². The van der Waals surface area contributed by atoms with Gasteiger partial charge in [-0.3, -0.25) is 0 Å². The van der Waals surface area contributed by atoms with Crippen LogP contribution in [0.1, 0.15) is 25.8 Å². The fourth-order valence-electron chi connectivity index (χ4n) is 2.88. The molecule has 3 aromatic carbocycles. The second kappa shape index (κ2) is 11.8. The number of para-hydroxylation sites is 3. The van der Waals surface area contributed by atoms with Crippen molar-refractivity contribution in [3.63, 3.8) is 0 Å². The first-order chi connectivity index (χ1) is 14.7. The van der Waals surface area contributed by atoms with E-state index in [2.05, 4.69) is 31.3 Å². The zero-order valence-corrected chi connectivity index (χ0v) is 17.8. The lowest BCUT2D eigenvalue weighted by Crippen LogP contribution is -2.10. The average molecular weight is 406 g/mol. The van der Waals surface area contributed by atoms with E-state index in [1.54, 1.807) is 0 Å². The van der Waals surface area contributed by atoms with E-state index in [1.165, 1.54) is 5.56 Å². The molecule has 158 valence electrons. The number of nitrogens with one attached hydrogen (secondary N) is 1. The van der Waals surface area contributed by atoms with Crippen LogP contribution in [0, 0.1) is 5.92 Å². The Hall–Kier alpha value is -3.14. The van der Waals surface area contributed by atoms with Crippen LogP contribution >= 0.6 is 0 Å². The fraction of sp³-hybridized carbons (Fsp3) is 0.308. The maximum Gasteiger partial charge on any atom is 0.142 e. The number of rotatable bonds is 12. The maximum atomic E-state index is 5.92. The van der Waals surface area contributed by atoms with Crippen LogP contribution in [0.15, 0.2) is 78.9 Å². The highest BCUT2D eigenvalue weighted by atomic mass is 16.5. The van der Waals surface area contributed by atoms with E-state index in [-0.39, 0.29) is 0 Å². The monoisotopic (exact) mass is 405 g/mol. The van der Waals surface area contributed by atoms with Gasteiger partial charge in [-0.05, 0) is 54.3 Å². The molecular formula is C26H31NO3. The highest BCUT2D eigenvalue weighted by Gasteiger charge is 2.04. The van der Waals surface area contributed by atoms with Gasteiger partial charge in [0, 0.05) is 6.54 Å². The van der Waals surface area contributed by atoms with Crippen molar-refractivity contribution in [1.82, 2.24) is 0 Å². The molecule has 0 aromatic heterocycles. The summed E-state index contributed by atoms with van der Waals surface area (Å²) in [5.74, 6) is 3.24. The van der Waals surface area contributed by atoms with E-state index in [0.717, 1.165) is 36.0 Å².